The van der Waals surface area contributed by atoms with Crippen molar-refractivity contribution in [3.8, 4) is 0 Å². The van der Waals surface area contributed by atoms with Gasteiger partial charge in [-0.3, -0.25) is 0 Å². The highest BCUT2D eigenvalue weighted by Crippen LogP contribution is 2.35. The maximum atomic E-state index is 3.75. The Bertz CT molecular complexity index is 363. The molecule has 0 amide bonds. The average molecular weight is 259 g/mol. The number of rotatable bonds is 6. The Morgan fingerprint density at radius 1 is 1.16 bits per heavy atom. The fourth-order valence-corrected chi connectivity index (χ4v) is 3.53. The summed E-state index contributed by atoms with van der Waals surface area (Å²) in [5.74, 6) is 0.937. The zero-order valence-corrected chi connectivity index (χ0v) is 12.8. The van der Waals surface area contributed by atoms with Crippen molar-refractivity contribution < 1.29 is 0 Å². The molecule has 0 bridgehead atoms. The summed E-state index contributed by atoms with van der Waals surface area (Å²) in [7, 11) is 0. The molecule has 1 aliphatic rings. The van der Waals surface area contributed by atoms with Gasteiger partial charge in [0.05, 0.1) is 0 Å². The maximum absolute atomic E-state index is 3.75. The lowest BCUT2D eigenvalue weighted by Crippen LogP contribution is -2.45. The molecule has 1 heteroatoms. The molecule has 106 valence electrons. The quantitative estimate of drug-likeness (QED) is 0.792. The molecule has 0 spiro atoms. The van der Waals surface area contributed by atoms with Crippen LogP contribution in [0.5, 0.6) is 0 Å². The summed E-state index contributed by atoms with van der Waals surface area (Å²) in [4.78, 5) is 0. The van der Waals surface area contributed by atoms with Crippen LogP contribution in [0.25, 0.3) is 0 Å². The van der Waals surface area contributed by atoms with Gasteiger partial charge in [0.15, 0.2) is 0 Å². The molecule has 0 radical (unpaired) electrons. The van der Waals surface area contributed by atoms with Gasteiger partial charge in [-0.25, -0.2) is 0 Å². The van der Waals surface area contributed by atoms with E-state index < -0.39 is 0 Å². The van der Waals surface area contributed by atoms with Crippen LogP contribution in [0.15, 0.2) is 30.3 Å². The zero-order chi connectivity index (χ0) is 13.7. The van der Waals surface area contributed by atoms with Gasteiger partial charge in [-0.2, -0.15) is 0 Å². The lowest BCUT2D eigenvalue weighted by molar-refractivity contribution is 0.284. The normalized spacial score (nSPS) is 18.7. The van der Waals surface area contributed by atoms with Crippen molar-refractivity contribution in [3.63, 3.8) is 0 Å². The minimum Gasteiger partial charge on any atom is -0.313 e. The van der Waals surface area contributed by atoms with E-state index in [9.17, 15) is 0 Å². The first-order valence-electron chi connectivity index (χ1n) is 7.93. The molecule has 1 aromatic carbocycles. The van der Waals surface area contributed by atoms with E-state index in [-0.39, 0.29) is 5.41 Å². The van der Waals surface area contributed by atoms with Crippen LogP contribution in [0.3, 0.4) is 0 Å². The predicted octanol–water partition coefficient (Wildman–Crippen LogP) is 4.52. The summed E-state index contributed by atoms with van der Waals surface area (Å²) in [5.41, 5.74) is 1.67. The topological polar surface area (TPSA) is 12.0 Å². The number of benzene rings is 1. The molecular weight excluding hydrogens is 230 g/mol. The Morgan fingerprint density at radius 2 is 1.79 bits per heavy atom. The van der Waals surface area contributed by atoms with E-state index in [1.807, 2.05) is 0 Å². The van der Waals surface area contributed by atoms with E-state index in [2.05, 4.69) is 56.4 Å². The van der Waals surface area contributed by atoms with Gasteiger partial charge < -0.3 is 5.32 Å². The van der Waals surface area contributed by atoms with Crippen molar-refractivity contribution in [2.45, 2.75) is 64.3 Å². The van der Waals surface area contributed by atoms with Crippen LogP contribution >= 0.6 is 0 Å². The average Bonchev–Trinajstić information content (AvgIpc) is 2.92. The van der Waals surface area contributed by atoms with E-state index in [1.54, 1.807) is 0 Å². The van der Waals surface area contributed by atoms with Crippen molar-refractivity contribution in [2.75, 3.05) is 6.54 Å². The summed E-state index contributed by atoms with van der Waals surface area (Å²) in [5, 5.41) is 3.75. The molecule has 1 unspecified atom stereocenters. The molecule has 2 rings (SSSR count). The Hall–Kier alpha value is -0.820. The molecule has 1 fully saturated rings. The minimum absolute atomic E-state index is 0.208. The van der Waals surface area contributed by atoms with Crippen molar-refractivity contribution in [1.82, 2.24) is 5.32 Å². The Morgan fingerprint density at radius 3 is 2.37 bits per heavy atom. The van der Waals surface area contributed by atoms with Crippen molar-refractivity contribution >= 4 is 0 Å². The van der Waals surface area contributed by atoms with Crippen LogP contribution in [0.1, 0.15) is 58.4 Å². The molecule has 1 aromatic rings. The molecular formula is C18H29N. The zero-order valence-electron chi connectivity index (χ0n) is 12.8. The predicted molar refractivity (Wildman–Crippen MR) is 83.5 cm³/mol. The van der Waals surface area contributed by atoms with Gasteiger partial charge in [-0.15, -0.1) is 0 Å². The van der Waals surface area contributed by atoms with E-state index in [1.165, 1.54) is 37.7 Å². The van der Waals surface area contributed by atoms with E-state index in [0.29, 0.717) is 6.04 Å². The first-order valence-corrected chi connectivity index (χ1v) is 7.93. The third kappa shape index (κ3) is 3.60. The summed E-state index contributed by atoms with van der Waals surface area (Å²) >= 11 is 0. The lowest BCUT2D eigenvalue weighted by atomic mass is 9.74. The van der Waals surface area contributed by atoms with Crippen LogP contribution < -0.4 is 5.32 Å². The molecule has 1 atom stereocenters. The van der Waals surface area contributed by atoms with Crippen LogP contribution in [0.4, 0.5) is 0 Å². The second-order valence-corrected chi connectivity index (χ2v) is 6.58. The minimum atomic E-state index is 0.208. The number of likely N-dealkylation sites (N-methyl/N-ethyl adjacent to an activating group) is 1. The largest absolute Gasteiger partial charge is 0.313 e. The van der Waals surface area contributed by atoms with Gasteiger partial charge in [0.25, 0.3) is 0 Å². The molecule has 0 aromatic heterocycles. The summed E-state index contributed by atoms with van der Waals surface area (Å²) in [6.07, 6.45) is 7.08. The Kier molecular flexibility index (Phi) is 5.04. The number of hydrogen-bond acceptors (Lipinski definition) is 1. The lowest BCUT2D eigenvalue weighted by Gasteiger charge is -2.37. The van der Waals surface area contributed by atoms with E-state index in [4.69, 9.17) is 0 Å². The van der Waals surface area contributed by atoms with Gasteiger partial charge in [0.1, 0.15) is 0 Å². The van der Waals surface area contributed by atoms with E-state index >= 15 is 0 Å². The van der Waals surface area contributed by atoms with Crippen molar-refractivity contribution in [2.24, 2.45) is 5.92 Å². The fourth-order valence-electron chi connectivity index (χ4n) is 3.53. The molecule has 0 aliphatic heterocycles. The highest BCUT2D eigenvalue weighted by atomic mass is 14.9. The molecule has 1 saturated carbocycles. The maximum Gasteiger partial charge on any atom is 0.0161 e. The van der Waals surface area contributed by atoms with Gasteiger partial charge in [-0.1, -0.05) is 76.8 Å². The second-order valence-electron chi connectivity index (χ2n) is 6.58. The molecule has 0 heterocycles. The van der Waals surface area contributed by atoms with Crippen LogP contribution in [-0.4, -0.2) is 12.6 Å². The fraction of sp³-hybridized carbons (Fsp3) is 0.667. The first kappa shape index (κ1) is 14.6. The molecule has 1 nitrogen and oxygen atoms in total. The third-order valence-corrected chi connectivity index (χ3v) is 4.88. The monoisotopic (exact) mass is 259 g/mol. The molecule has 1 aliphatic carbocycles. The second kappa shape index (κ2) is 6.56. The van der Waals surface area contributed by atoms with Gasteiger partial charge in [-0.05, 0) is 24.4 Å². The van der Waals surface area contributed by atoms with Crippen LogP contribution in [0.2, 0.25) is 0 Å². The summed E-state index contributed by atoms with van der Waals surface area (Å²) in [6, 6.07) is 11.6. The molecule has 1 N–H and O–H groups in total. The van der Waals surface area contributed by atoms with Crippen LogP contribution in [-0.2, 0) is 5.41 Å². The van der Waals surface area contributed by atoms with Gasteiger partial charge >= 0.3 is 0 Å². The number of nitrogens with one attached hydrogen (secondary N) is 1. The standard InChI is InChI=1S/C18H29N/c1-4-19-17(14-15-10-8-9-11-15)18(2,3)16-12-6-5-7-13-16/h5-7,12-13,15,17,19H,4,8-11,14H2,1-3H3. The number of hydrogen-bond donors (Lipinski definition) is 1. The first-order chi connectivity index (χ1) is 9.14. The van der Waals surface area contributed by atoms with Crippen molar-refractivity contribution in [3.05, 3.63) is 35.9 Å². The molecule has 0 saturated heterocycles. The Balaban J connectivity index is 2.11. The van der Waals surface area contributed by atoms with Gasteiger partial charge in [0.2, 0.25) is 0 Å². The highest BCUT2D eigenvalue weighted by Gasteiger charge is 2.33. The summed E-state index contributed by atoms with van der Waals surface area (Å²) in [6.45, 7) is 8.07. The van der Waals surface area contributed by atoms with Crippen molar-refractivity contribution in [1.29, 1.82) is 0 Å². The van der Waals surface area contributed by atoms with E-state index in [0.717, 1.165) is 12.5 Å². The highest BCUT2D eigenvalue weighted by molar-refractivity contribution is 5.25. The third-order valence-electron chi connectivity index (χ3n) is 4.88. The smallest absolute Gasteiger partial charge is 0.0161 e. The van der Waals surface area contributed by atoms with Gasteiger partial charge in [0, 0.05) is 11.5 Å². The SMILES string of the molecule is CCNC(CC1CCCC1)C(C)(C)c1ccccc1. The molecule has 19 heavy (non-hydrogen) atoms. The summed E-state index contributed by atoms with van der Waals surface area (Å²) < 4.78 is 0. The van der Waals surface area contributed by atoms with Crippen LogP contribution in [0, 0.1) is 5.92 Å². The Labute approximate surface area is 118 Å².